The monoisotopic (exact) mass is 389 g/mol. The van der Waals surface area contributed by atoms with E-state index in [1.54, 1.807) is 0 Å². The van der Waals surface area contributed by atoms with E-state index in [9.17, 15) is 27.2 Å². The summed E-state index contributed by atoms with van der Waals surface area (Å²) in [4.78, 5) is 24.5. The van der Waals surface area contributed by atoms with Crippen molar-refractivity contribution in [1.82, 2.24) is 5.32 Å². The molecule has 0 radical (unpaired) electrons. The molecule has 1 saturated carbocycles. The molecule has 1 fully saturated rings. The first-order valence-corrected chi connectivity index (χ1v) is 8.95. The zero-order valence-corrected chi connectivity index (χ0v) is 14.8. The second-order valence-corrected chi connectivity index (χ2v) is 6.69. The summed E-state index contributed by atoms with van der Waals surface area (Å²) in [6.07, 6.45) is -1.16. The SMILES string of the molecule is O=C(NCCc1ccccc1)[C@@H]1CCCC[C@H]1C(=O)OCC(F)(F)C(F)F. The number of esters is 1. The molecular formula is C19H23F4NO3. The van der Waals surface area contributed by atoms with Gasteiger partial charge in [0.05, 0.1) is 11.8 Å². The van der Waals surface area contributed by atoms with Crippen LogP contribution in [-0.2, 0) is 20.7 Å². The third kappa shape index (κ3) is 6.22. The average molecular weight is 389 g/mol. The maximum absolute atomic E-state index is 13.0. The first-order chi connectivity index (χ1) is 12.8. The van der Waals surface area contributed by atoms with Crippen LogP contribution in [0.3, 0.4) is 0 Å². The van der Waals surface area contributed by atoms with Crippen LogP contribution in [0.15, 0.2) is 30.3 Å². The third-order valence-corrected chi connectivity index (χ3v) is 4.69. The summed E-state index contributed by atoms with van der Waals surface area (Å²) in [5.74, 6) is -7.32. The van der Waals surface area contributed by atoms with Gasteiger partial charge in [-0.25, -0.2) is 8.78 Å². The summed E-state index contributed by atoms with van der Waals surface area (Å²) in [7, 11) is 0. The van der Waals surface area contributed by atoms with Gasteiger partial charge in [-0.15, -0.1) is 0 Å². The Balaban J connectivity index is 1.87. The number of nitrogens with one attached hydrogen (secondary N) is 1. The Kier molecular flexibility index (Phi) is 7.62. The van der Waals surface area contributed by atoms with Crippen LogP contribution in [0.1, 0.15) is 31.2 Å². The third-order valence-electron chi connectivity index (χ3n) is 4.69. The van der Waals surface area contributed by atoms with E-state index in [0.717, 1.165) is 12.0 Å². The lowest BCUT2D eigenvalue weighted by atomic mass is 9.78. The van der Waals surface area contributed by atoms with E-state index in [2.05, 4.69) is 10.1 Å². The number of alkyl halides is 4. The number of amides is 1. The van der Waals surface area contributed by atoms with Crippen LogP contribution in [0.5, 0.6) is 0 Å². The Morgan fingerprint density at radius 2 is 1.74 bits per heavy atom. The molecule has 150 valence electrons. The Labute approximate surface area is 155 Å². The van der Waals surface area contributed by atoms with Crippen LogP contribution in [0.2, 0.25) is 0 Å². The highest BCUT2D eigenvalue weighted by molar-refractivity contribution is 5.85. The quantitative estimate of drug-likeness (QED) is 0.546. The number of carbonyl (C=O) groups excluding carboxylic acids is 2. The first kappa shape index (κ1) is 21.2. The molecule has 8 heteroatoms. The van der Waals surface area contributed by atoms with Crippen molar-refractivity contribution < 1.29 is 31.9 Å². The Morgan fingerprint density at radius 3 is 2.37 bits per heavy atom. The second-order valence-electron chi connectivity index (χ2n) is 6.69. The van der Waals surface area contributed by atoms with Crippen LogP contribution in [0, 0.1) is 11.8 Å². The minimum atomic E-state index is -4.39. The summed E-state index contributed by atoms with van der Waals surface area (Å²) in [5, 5.41) is 2.76. The van der Waals surface area contributed by atoms with Gasteiger partial charge in [0.25, 0.3) is 0 Å². The molecule has 0 aliphatic heterocycles. The lowest BCUT2D eigenvalue weighted by Crippen LogP contribution is -2.42. The molecule has 0 heterocycles. The molecule has 1 N–H and O–H groups in total. The molecule has 0 bridgehead atoms. The van der Waals surface area contributed by atoms with Crippen molar-refractivity contribution in [2.75, 3.05) is 13.2 Å². The molecule has 1 aliphatic carbocycles. The van der Waals surface area contributed by atoms with Crippen molar-refractivity contribution >= 4 is 11.9 Å². The topological polar surface area (TPSA) is 55.4 Å². The molecule has 2 rings (SSSR count). The molecule has 0 aromatic heterocycles. The fraction of sp³-hybridized carbons (Fsp3) is 0.579. The standard InChI is InChI=1S/C19H23F4NO3/c20-18(21)19(22,23)12-27-17(26)15-9-5-4-8-14(15)16(25)24-11-10-13-6-2-1-3-7-13/h1-3,6-7,14-15,18H,4-5,8-12H2,(H,24,25)/t14-,15-/m1/s1. The number of benzene rings is 1. The molecule has 1 aromatic rings. The fourth-order valence-electron chi connectivity index (χ4n) is 3.17. The summed E-state index contributed by atoms with van der Waals surface area (Å²) in [6.45, 7) is -1.30. The van der Waals surface area contributed by atoms with Gasteiger partial charge in [0.1, 0.15) is 0 Å². The second kappa shape index (κ2) is 9.71. The van der Waals surface area contributed by atoms with Crippen molar-refractivity contribution in [3.05, 3.63) is 35.9 Å². The number of rotatable bonds is 8. The largest absolute Gasteiger partial charge is 0.459 e. The highest BCUT2D eigenvalue weighted by Gasteiger charge is 2.44. The smallest absolute Gasteiger partial charge is 0.340 e. The molecule has 0 saturated heterocycles. The Morgan fingerprint density at radius 1 is 1.11 bits per heavy atom. The minimum Gasteiger partial charge on any atom is -0.459 e. The van der Waals surface area contributed by atoms with E-state index >= 15 is 0 Å². The maximum Gasteiger partial charge on any atom is 0.340 e. The summed E-state index contributed by atoms with van der Waals surface area (Å²) < 4.78 is 54.7. The van der Waals surface area contributed by atoms with E-state index in [1.807, 2.05) is 30.3 Å². The zero-order valence-electron chi connectivity index (χ0n) is 14.8. The minimum absolute atomic E-state index is 0.315. The predicted octanol–water partition coefficient (Wildman–Crippen LogP) is 3.60. The van der Waals surface area contributed by atoms with Gasteiger partial charge in [-0.1, -0.05) is 43.2 Å². The van der Waals surface area contributed by atoms with Crippen molar-refractivity contribution in [2.45, 2.75) is 44.5 Å². The number of halogens is 4. The van der Waals surface area contributed by atoms with Crippen LogP contribution in [0.4, 0.5) is 17.6 Å². The van der Waals surface area contributed by atoms with Gasteiger partial charge in [-0.2, -0.15) is 8.78 Å². The Bertz CT molecular complexity index is 625. The summed E-state index contributed by atoms with van der Waals surface area (Å²) in [6, 6.07) is 9.52. The molecule has 27 heavy (non-hydrogen) atoms. The zero-order chi connectivity index (χ0) is 19.9. The van der Waals surface area contributed by atoms with Crippen LogP contribution in [-0.4, -0.2) is 37.4 Å². The van der Waals surface area contributed by atoms with Gasteiger partial charge in [-0.3, -0.25) is 9.59 Å². The van der Waals surface area contributed by atoms with E-state index in [0.29, 0.717) is 32.2 Å². The lowest BCUT2D eigenvalue weighted by Gasteiger charge is -2.29. The summed E-state index contributed by atoms with van der Waals surface area (Å²) in [5.41, 5.74) is 1.05. The molecule has 1 amide bonds. The number of hydrogen-bond acceptors (Lipinski definition) is 3. The van der Waals surface area contributed by atoms with E-state index in [-0.39, 0.29) is 5.91 Å². The van der Waals surface area contributed by atoms with E-state index in [1.165, 1.54) is 0 Å². The molecule has 4 nitrogen and oxygen atoms in total. The van der Waals surface area contributed by atoms with Crippen LogP contribution >= 0.6 is 0 Å². The number of ether oxygens (including phenoxy) is 1. The van der Waals surface area contributed by atoms with Gasteiger partial charge in [-0.05, 0) is 24.8 Å². The van der Waals surface area contributed by atoms with Gasteiger partial charge < -0.3 is 10.1 Å². The van der Waals surface area contributed by atoms with Crippen molar-refractivity contribution in [3.63, 3.8) is 0 Å². The van der Waals surface area contributed by atoms with Gasteiger partial charge in [0.2, 0.25) is 5.91 Å². The lowest BCUT2D eigenvalue weighted by molar-refractivity contribution is -0.185. The van der Waals surface area contributed by atoms with Crippen molar-refractivity contribution in [3.8, 4) is 0 Å². The van der Waals surface area contributed by atoms with Crippen LogP contribution in [0.25, 0.3) is 0 Å². The molecule has 0 spiro atoms. The van der Waals surface area contributed by atoms with Gasteiger partial charge in [0, 0.05) is 6.54 Å². The summed E-state index contributed by atoms with van der Waals surface area (Å²) >= 11 is 0. The maximum atomic E-state index is 13.0. The first-order valence-electron chi connectivity index (χ1n) is 8.95. The van der Waals surface area contributed by atoms with Crippen LogP contribution < -0.4 is 5.32 Å². The predicted molar refractivity (Wildman–Crippen MR) is 90.5 cm³/mol. The van der Waals surface area contributed by atoms with E-state index < -0.39 is 36.8 Å². The Hall–Kier alpha value is -2.12. The molecule has 2 atom stereocenters. The van der Waals surface area contributed by atoms with Gasteiger partial charge in [0.15, 0.2) is 6.61 Å². The molecular weight excluding hydrogens is 366 g/mol. The highest BCUT2D eigenvalue weighted by Crippen LogP contribution is 2.32. The average Bonchev–Trinajstić information content (AvgIpc) is 2.66. The van der Waals surface area contributed by atoms with Crippen molar-refractivity contribution in [2.24, 2.45) is 11.8 Å². The van der Waals surface area contributed by atoms with E-state index in [4.69, 9.17) is 0 Å². The molecule has 1 aromatic carbocycles. The molecule has 1 aliphatic rings. The van der Waals surface area contributed by atoms with Gasteiger partial charge >= 0.3 is 18.3 Å². The molecule has 0 unspecified atom stereocenters. The number of carbonyl (C=O) groups is 2. The van der Waals surface area contributed by atoms with Crippen molar-refractivity contribution in [1.29, 1.82) is 0 Å². The fourth-order valence-corrected chi connectivity index (χ4v) is 3.17. The normalized spacial score (nSPS) is 20.3. The number of hydrogen-bond donors (Lipinski definition) is 1. The highest BCUT2D eigenvalue weighted by atomic mass is 19.3.